The highest BCUT2D eigenvalue weighted by Gasteiger charge is 2.18. The van der Waals surface area contributed by atoms with Gasteiger partial charge < -0.3 is 15.2 Å². The number of nitro groups is 1. The summed E-state index contributed by atoms with van der Waals surface area (Å²) in [6.45, 7) is 1.90. The fourth-order valence-electron chi connectivity index (χ4n) is 3.26. The summed E-state index contributed by atoms with van der Waals surface area (Å²) in [5.41, 5.74) is 2.04. The van der Waals surface area contributed by atoms with Gasteiger partial charge in [0.25, 0.3) is 11.6 Å². The maximum atomic E-state index is 12.6. The van der Waals surface area contributed by atoms with E-state index in [9.17, 15) is 14.9 Å². The molecule has 7 nitrogen and oxygen atoms in total. The van der Waals surface area contributed by atoms with Gasteiger partial charge in [0, 0.05) is 41.7 Å². The van der Waals surface area contributed by atoms with Gasteiger partial charge in [-0.25, -0.2) is 0 Å². The Labute approximate surface area is 170 Å². The van der Waals surface area contributed by atoms with Crippen LogP contribution in [0.25, 0.3) is 10.9 Å². The minimum Gasteiger partial charge on any atom is -0.369 e. The smallest absolute Gasteiger partial charge is 0.293 e. The summed E-state index contributed by atoms with van der Waals surface area (Å²) in [6, 6.07) is 11.8. The van der Waals surface area contributed by atoms with E-state index in [2.05, 4.69) is 15.2 Å². The SMILES string of the molecule is O=C(Nc1ccc(N2CCSCC2)c(Cl)c1)c1cc2cccc([N+](=O)[O-])c2[nH]1. The van der Waals surface area contributed by atoms with Crippen molar-refractivity contribution in [2.45, 2.75) is 0 Å². The Bertz CT molecular complexity index is 1060. The third kappa shape index (κ3) is 3.65. The van der Waals surface area contributed by atoms with Crippen LogP contribution in [0.4, 0.5) is 17.1 Å². The second-order valence-electron chi connectivity index (χ2n) is 6.40. The number of carbonyl (C=O) groups is 1. The molecular weight excluding hydrogens is 400 g/mol. The second-order valence-corrected chi connectivity index (χ2v) is 8.03. The van der Waals surface area contributed by atoms with E-state index in [4.69, 9.17) is 11.6 Å². The number of amides is 1. The number of H-pyrrole nitrogens is 1. The van der Waals surface area contributed by atoms with Crippen LogP contribution in [0.15, 0.2) is 42.5 Å². The van der Waals surface area contributed by atoms with E-state index in [1.54, 1.807) is 24.3 Å². The highest BCUT2D eigenvalue weighted by atomic mass is 35.5. The minimum absolute atomic E-state index is 0.0661. The Kier molecular flexibility index (Phi) is 5.15. The van der Waals surface area contributed by atoms with Crippen LogP contribution in [0, 0.1) is 10.1 Å². The second kappa shape index (κ2) is 7.73. The van der Waals surface area contributed by atoms with Crippen molar-refractivity contribution < 1.29 is 9.72 Å². The van der Waals surface area contributed by atoms with E-state index in [1.165, 1.54) is 6.07 Å². The highest BCUT2D eigenvalue weighted by molar-refractivity contribution is 7.99. The number of aromatic nitrogens is 1. The molecule has 0 bridgehead atoms. The van der Waals surface area contributed by atoms with Gasteiger partial charge in [0.05, 0.1) is 15.6 Å². The molecule has 0 saturated carbocycles. The largest absolute Gasteiger partial charge is 0.369 e. The molecule has 0 spiro atoms. The van der Waals surface area contributed by atoms with Crippen LogP contribution < -0.4 is 10.2 Å². The quantitative estimate of drug-likeness (QED) is 0.481. The average molecular weight is 417 g/mol. The lowest BCUT2D eigenvalue weighted by Crippen LogP contribution is -2.32. The van der Waals surface area contributed by atoms with Gasteiger partial charge in [-0.15, -0.1) is 0 Å². The summed E-state index contributed by atoms with van der Waals surface area (Å²) < 4.78 is 0. The molecule has 1 aromatic heterocycles. The van der Waals surface area contributed by atoms with Crippen LogP contribution in [-0.2, 0) is 0 Å². The Morgan fingerprint density at radius 3 is 2.71 bits per heavy atom. The van der Waals surface area contributed by atoms with Crippen molar-refractivity contribution in [1.29, 1.82) is 0 Å². The van der Waals surface area contributed by atoms with Crippen molar-refractivity contribution in [3.63, 3.8) is 0 Å². The molecule has 144 valence electrons. The van der Waals surface area contributed by atoms with Crippen LogP contribution in [0.5, 0.6) is 0 Å². The molecule has 1 aliphatic heterocycles. The lowest BCUT2D eigenvalue weighted by atomic mass is 10.2. The first-order valence-corrected chi connectivity index (χ1v) is 10.3. The van der Waals surface area contributed by atoms with Crippen LogP contribution >= 0.6 is 23.4 Å². The number of anilines is 2. The van der Waals surface area contributed by atoms with Crippen LogP contribution in [0.1, 0.15) is 10.5 Å². The molecule has 2 aromatic carbocycles. The molecule has 9 heteroatoms. The Morgan fingerprint density at radius 1 is 1.21 bits per heavy atom. The zero-order valence-electron chi connectivity index (χ0n) is 14.8. The van der Waals surface area contributed by atoms with E-state index in [0.29, 0.717) is 21.6 Å². The molecular formula is C19H17ClN4O3S. The number of nitrogens with one attached hydrogen (secondary N) is 2. The summed E-state index contributed by atoms with van der Waals surface area (Å²) in [6.07, 6.45) is 0. The van der Waals surface area contributed by atoms with E-state index in [-0.39, 0.29) is 17.3 Å². The average Bonchev–Trinajstić information content (AvgIpc) is 3.13. The lowest BCUT2D eigenvalue weighted by Gasteiger charge is -2.29. The number of carbonyl (C=O) groups excluding carboxylic acids is 1. The highest BCUT2D eigenvalue weighted by Crippen LogP contribution is 2.31. The number of aromatic amines is 1. The molecule has 28 heavy (non-hydrogen) atoms. The predicted molar refractivity (Wildman–Crippen MR) is 114 cm³/mol. The Morgan fingerprint density at radius 2 is 2.00 bits per heavy atom. The van der Waals surface area contributed by atoms with Gasteiger partial charge in [0.2, 0.25) is 0 Å². The first kappa shape index (κ1) is 18.6. The summed E-state index contributed by atoms with van der Waals surface area (Å²) in [4.78, 5) is 28.4. The van der Waals surface area contributed by atoms with E-state index in [1.807, 2.05) is 23.9 Å². The van der Waals surface area contributed by atoms with Crippen LogP contribution in [-0.4, -0.2) is 40.4 Å². The molecule has 2 heterocycles. The number of hydrogen-bond donors (Lipinski definition) is 2. The number of fused-ring (bicyclic) bond motifs is 1. The molecule has 4 rings (SSSR count). The number of rotatable bonds is 4. The lowest BCUT2D eigenvalue weighted by molar-refractivity contribution is -0.383. The third-order valence-electron chi connectivity index (χ3n) is 4.63. The number of benzene rings is 2. The summed E-state index contributed by atoms with van der Waals surface area (Å²) in [7, 11) is 0. The number of halogens is 1. The van der Waals surface area contributed by atoms with Crippen LogP contribution in [0.2, 0.25) is 5.02 Å². The van der Waals surface area contributed by atoms with Crippen molar-refractivity contribution in [2.24, 2.45) is 0 Å². The van der Waals surface area contributed by atoms with Gasteiger partial charge in [-0.05, 0) is 24.3 Å². The summed E-state index contributed by atoms with van der Waals surface area (Å²) in [5, 5.41) is 15.1. The van der Waals surface area contributed by atoms with Gasteiger partial charge in [-0.2, -0.15) is 11.8 Å². The first-order chi connectivity index (χ1) is 13.5. The fraction of sp³-hybridized carbons (Fsp3) is 0.211. The Hall–Kier alpha value is -2.71. The van der Waals surface area contributed by atoms with Crippen molar-refractivity contribution in [2.75, 3.05) is 34.8 Å². The number of para-hydroxylation sites is 1. The molecule has 0 unspecified atom stereocenters. The van der Waals surface area contributed by atoms with Crippen molar-refractivity contribution in [3.8, 4) is 0 Å². The number of hydrogen-bond acceptors (Lipinski definition) is 5. The van der Waals surface area contributed by atoms with Gasteiger partial charge in [-0.3, -0.25) is 14.9 Å². The first-order valence-electron chi connectivity index (χ1n) is 8.72. The molecule has 3 aromatic rings. The van der Waals surface area contributed by atoms with Gasteiger partial charge >= 0.3 is 0 Å². The monoisotopic (exact) mass is 416 g/mol. The molecule has 1 aliphatic rings. The number of non-ortho nitro benzene ring substituents is 1. The zero-order chi connectivity index (χ0) is 19.7. The molecule has 2 N–H and O–H groups in total. The van der Waals surface area contributed by atoms with Gasteiger partial charge in [0.15, 0.2) is 0 Å². The van der Waals surface area contributed by atoms with Gasteiger partial charge in [-0.1, -0.05) is 23.7 Å². The zero-order valence-corrected chi connectivity index (χ0v) is 16.3. The molecule has 1 saturated heterocycles. The molecule has 0 aliphatic carbocycles. The molecule has 1 fully saturated rings. The maximum Gasteiger partial charge on any atom is 0.293 e. The van der Waals surface area contributed by atoms with Crippen LogP contribution in [0.3, 0.4) is 0 Å². The number of nitro benzene ring substituents is 1. The normalized spacial score (nSPS) is 14.2. The Balaban J connectivity index is 1.55. The van der Waals surface area contributed by atoms with Crippen molar-refractivity contribution in [3.05, 3.63) is 63.3 Å². The predicted octanol–water partition coefficient (Wildman–Crippen LogP) is 4.54. The van der Waals surface area contributed by atoms with Gasteiger partial charge in [0.1, 0.15) is 11.2 Å². The molecule has 0 atom stereocenters. The topological polar surface area (TPSA) is 91.3 Å². The standard InChI is InChI=1S/C19H17ClN4O3S/c20-14-11-13(4-5-16(14)23-6-8-28-9-7-23)21-19(25)15-10-12-2-1-3-17(24(26)27)18(12)22-15/h1-5,10-11,22H,6-9H2,(H,21,25). The minimum atomic E-state index is -0.474. The summed E-state index contributed by atoms with van der Waals surface area (Å²) in [5.74, 6) is 1.76. The number of thioether (sulfide) groups is 1. The van der Waals surface area contributed by atoms with E-state index < -0.39 is 4.92 Å². The third-order valence-corrected chi connectivity index (χ3v) is 5.88. The number of nitrogens with zero attached hydrogens (tertiary/aromatic N) is 2. The summed E-state index contributed by atoms with van der Waals surface area (Å²) >= 11 is 8.35. The maximum absolute atomic E-state index is 12.6. The van der Waals surface area contributed by atoms with Crippen molar-refractivity contribution in [1.82, 2.24) is 4.98 Å². The molecule has 1 amide bonds. The molecule has 0 radical (unpaired) electrons. The van der Waals surface area contributed by atoms with E-state index in [0.717, 1.165) is 30.3 Å². The van der Waals surface area contributed by atoms with E-state index >= 15 is 0 Å². The van der Waals surface area contributed by atoms with Crippen molar-refractivity contribution >= 4 is 57.2 Å². The fourth-order valence-corrected chi connectivity index (χ4v) is 4.46.